The Bertz CT molecular complexity index is 739. The summed E-state index contributed by atoms with van der Waals surface area (Å²) in [4.78, 5) is 17.3. The van der Waals surface area contributed by atoms with Crippen molar-refractivity contribution in [2.45, 2.75) is 24.9 Å². The summed E-state index contributed by atoms with van der Waals surface area (Å²) in [6.07, 6.45) is 3.09. The zero-order valence-corrected chi connectivity index (χ0v) is 15.8. The fourth-order valence-electron chi connectivity index (χ4n) is 4.20. The lowest BCUT2D eigenvalue weighted by molar-refractivity contribution is -0.127. The molecule has 4 nitrogen and oxygen atoms in total. The molecule has 1 amide bonds. The van der Waals surface area contributed by atoms with Gasteiger partial charge in [0.05, 0.1) is 18.8 Å². The Morgan fingerprint density at radius 1 is 0.926 bits per heavy atom. The third-order valence-corrected chi connectivity index (χ3v) is 5.88. The van der Waals surface area contributed by atoms with Crippen molar-refractivity contribution in [3.8, 4) is 0 Å². The van der Waals surface area contributed by atoms with Gasteiger partial charge in [-0.1, -0.05) is 48.5 Å². The van der Waals surface area contributed by atoms with Gasteiger partial charge in [0.1, 0.15) is 0 Å². The average Bonchev–Trinajstić information content (AvgIpc) is 2.74. The van der Waals surface area contributed by atoms with Crippen molar-refractivity contribution >= 4 is 5.91 Å². The molecule has 0 saturated carbocycles. The lowest BCUT2D eigenvalue weighted by Crippen LogP contribution is -2.58. The summed E-state index contributed by atoms with van der Waals surface area (Å²) in [5, 5.41) is 0. The van der Waals surface area contributed by atoms with E-state index in [1.807, 2.05) is 35.2 Å². The molecule has 4 rings (SSSR count). The van der Waals surface area contributed by atoms with Crippen LogP contribution in [0.1, 0.15) is 28.8 Å². The maximum atomic E-state index is 12.8. The van der Waals surface area contributed by atoms with Gasteiger partial charge in [0.15, 0.2) is 0 Å². The van der Waals surface area contributed by atoms with Gasteiger partial charge in [-0.15, -0.1) is 0 Å². The molecule has 2 aromatic carbocycles. The highest BCUT2D eigenvalue weighted by atomic mass is 16.5. The molecular formula is C23H28N2O2. The predicted molar refractivity (Wildman–Crippen MR) is 107 cm³/mol. The fraction of sp³-hybridized carbons (Fsp3) is 0.435. The van der Waals surface area contributed by atoms with Gasteiger partial charge in [0, 0.05) is 31.7 Å². The molecule has 2 aliphatic rings. The number of morpholine rings is 1. The zero-order valence-electron chi connectivity index (χ0n) is 15.8. The predicted octanol–water partition coefficient (Wildman–Crippen LogP) is 3.24. The van der Waals surface area contributed by atoms with Crippen molar-refractivity contribution in [2.75, 3.05) is 39.3 Å². The summed E-state index contributed by atoms with van der Waals surface area (Å²) in [6, 6.07) is 20.3. The topological polar surface area (TPSA) is 32.8 Å². The van der Waals surface area contributed by atoms with E-state index >= 15 is 0 Å². The molecule has 2 heterocycles. The number of carbonyl (C=O) groups is 1. The van der Waals surface area contributed by atoms with E-state index in [0.29, 0.717) is 19.7 Å². The second-order valence-electron chi connectivity index (χ2n) is 7.70. The fourth-order valence-corrected chi connectivity index (χ4v) is 4.20. The minimum Gasteiger partial charge on any atom is -0.371 e. The van der Waals surface area contributed by atoms with Crippen molar-refractivity contribution < 1.29 is 9.53 Å². The molecule has 0 aliphatic carbocycles. The van der Waals surface area contributed by atoms with Gasteiger partial charge in [0.25, 0.3) is 5.91 Å². The molecule has 27 heavy (non-hydrogen) atoms. The Kier molecular flexibility index (Phi) is 5.55. The van der Waals surface area contributed by atoms with Gasteiger partial charge in [-0.3, -0.25) is 4.79 Å². The summed E-state index contributed by atoms with van der Waals surface area (Å²) < 4.78 is 6.21. The molecule has 0 unspecified atom stereocenters. The van der Waals surface area contributed by atoms with E-state index in [9.17, 15) is 4.79 Å². The van der Waals surface area contributed by atoms with Gasteiger partial charge in [-0.05, 0) is 37.0 Å². The van der Waals surface area contributed by atoms with Crippen molar-refractivity contribution in [1.82, 2.24) is 9.80 Å². The summed E-state index contributed by atoms with van der Waals surface area (Å²) >= 11 is 0. The zero-order chi connectivity index (χ0) is 18.5. The maximum absolute atomic E-state index is 12.8. The molecule has 2 saturated heterocycles. The first-order valence-corrected chi connectivity index (χ1v) is 9.99. The smallest absolute Gasteiger partial charge is 0.254 e. The number of nitrogens with zero attached hydrogens (tertiary/aromatic N) is 2. The van der Waals surface area contributed by atoms with Crippen LogP contribution in [0.3, 0.4) is 0 Å². The lowest BCUT2D eigenvalue weighted by Gasteiger charge is -2.47. The van der Waals surface area contributed by atoms with Crippen LogP contribution in [0.4, 0.5) is 0 Å². The van der Waals surface area contributed by atoms with E-state index in [1.54, 1.807) is 0 Å². The first kappa shape index (κ1) is 18.2. The number of rotatable bonds is 4. The first-order chi connectivity index (χ1) is 13.2. The van der Waals surface area contributed by atoms with Crippen LogP contribution >= 0.6 is 0 Å². The number of hydrogen-bond donors (Lipinski definition) is 0. The van der Waals surface area contributed by atoms with Gasteiger partial charge in [0.2, 0.25) is 0 Å². The van der Waals surface area contributed by atoms with Crippen LogP contribution in [0.5, 0.6) is 0 Å². The monoisotopic (exact) mass is 364 g/mol. The Balaban J connectivity index is 1.31. The molecule has 0 radical (unpaired) electrons. The molecule has 0 atom stereocenters. The van der Waals surface area contributed by atoms with Crippen LogP contribution in [0, 0.1) is 0 Å². The van der Waals surface area contributed by atoms with Crippen LogP contribution in [-0.2, 0) is 11.2 Å². The third-order valence-electron chi connectivity index (χ3n) is 5.88. The number of piperidine rings is 1. The van der Waals surface area contributed by atoms with Crippen LogP contribution in [0.15, 0.2) is 60.7 Å². The van der Waals surface area contributed by atoms with E-state index in [2.05, 4.69) is 35.2 Å². The highest BCUT2D eigenvalue weighted by Gasteiger charge is 2.40. The minimum atomic E-state index is -0.161. The third kappa shape index (κ3) is 4.40. The Morgan fingerprint density at radius 3 is 2.30 bits per heavy atom. The molecule has 142 valence electrons. The number of hydrogen-bond acceptors (Lipinski definition) is 3. The van der Waals surface area contributed by atoms with Crippen LogP contribution in [0.2, 0.25) is 0 Å². The van der Waals surface area contributed by atoms with Crippen LogP contribution < -0.4 is 0 Å². The average molecular weight is 364 g/mol. The van der Waals surface area contributed by atoms with Gasteiger partial charge >= 0.3 is 0 Å². The van der Waals surface area contributed by atoms with Crippen LogP contribution in [-0.4, -0.2) is 60.6 Å². The van der Waals surface area contributed by atoms with E-state index in [0.717, 1.165) is 44.5 Å². The molecule has 2 aliphatic heterocycles. The lowest BCUT2D eigenvalue weighted by atomic mass is 9.89. The van der Waals surface area contributed by atoms with Gasteiger partial charge < -0.3 is 14.5 Å². The number of ether oxygens (including phenoxy) is 1. The first-order valence-electron chi connectivity index (χ1n) is 9.99. The van der Waals surface area contributed by atoms with Gasteiger partial charge in [-0.25, -0.2) is 0 Å². The Hall–Kier alpha value is -2.17. The molecule has 2 aromatic rings. The van der Waals surface area contributed by atoms with Crippen molar-refractivity contribution in [3.05, 3.63) is 71.8 Å². The molecule has 1 spiro atoms. The molecule has 0 N–H and O–H groups in total. The van der Waals surface area contributed by atoms with E-state index in [-0.39, 0.29) is 11.5 Å². The molecule has 0 bridgehead atoms. The summed E-state index contributed by atoms with van der Waals surface area (Å²) in [5.41, 5.74) is 2.01. The molecular weight excluding hydrogens is 336 g/mol. The largest absolute Gasteiger partial charge is 0.371 e. The Labute approximate surface area is 161 Å². The van der Waals surface area contributed by atoms with Crippen molar-refractivity contribution in [3.63, 3.8) is 0 Å². The number of benzene rings is 2. The second kappa shape index (κ2) is 8.24. The highest BCUT2D eigenvalue weighted by Crippen LogP contribution is 2.30. The standard InChI is InChI=1S/C23H28N2O2/c26-22(21-9-5-2-6-10-21)25-17-18-27-23(19-25)12-15-24(16-13-23)14-11-20-7-3-1-4-8-20/h1-10H,11-19H2. The number of amides is 1. The molecule has 2 fully saturated rings. The summed E-state index contributed by atoms with van der Waals surface area (Å²) in [5.74, 6) is 0.129. The van der Waals surface area contributed by atoms with Crippen molar-refractivity contribution in [2.24, 2.45) is 0 Å². The van der Waals surface area contributed by atoms with E-state index in [1.165, 1.54) is 5.56 Å². The number of carbonyl (C=O) groups excluding carboxylic acids is 1. The second-order valence-corrected chi connectivity index (χ2v) is 7.70. The maximum Gasteiger partial charge on any atom is 0.254 e. The van der Waals surface area contributed by atoms with Crippen molar-refractivity contribution in [1.29, 1.82) is 0 Å². The summed E-state index contributed by atoms with van der Waals surface area (Å²) in [7, 11) is 0. The normalized spacial score (nSPS) is 19.9. The number of likely N-dealkylation sites (tertiary alicyclic amines) is 1. The van der Waals surface area contributed by atoms with E-state index in [4.69, 9.17) is 4.74 Å². The quantitative estimate of drug-likeness (QED) is 0.835. The Morgan fingerprint density at radius 2 is 1.59 bits per heavy atom. The molecule has 4 heteroatoms. The highest BCUT2D eigenvalue weighted by molar-refractivity contribution is 5.94. The van der Waals surface area contributed by atoms with Gasteiger partial charge in [-0.2, -0.15) is 0 Å². The van der Waals surface area contributed by atoms with E-state index < -0.39 is 0 Å². The molecule has 0 aromatic heterocycles. The SMILES string of the molecule is O=C(c1ccccc1)N1CCOC2(CCN(CCc3ccccc3)CC2)C1. The van der Waals surface area contributed by atoms with Crippen LogP contribution in [0.25, 0.3) is 0 Å². The summed E-state index contributed by atoms with van der Waals surface area (Å²) in [6.45, 7) is 5.22. The minimum absolute atomic E-state index is 0.129.